The van der Waals surface area contributed by atoms with E-state index in [-0.39, 0.29) is 11.5 Å². The van der Waals surface area contributed by atoms with Crippen LogP contribution in [-0.4, -0.2) is 13.4 Å². The van der Waals surface area contributed by atoms with Crippen LogP contribution in [0.2, 0.25) is 5.02 Å². The molecule has 0 spiro atoms. The maximum atomic E-state index is 12.0. The van der Waals surface area contributed by atoms with Gasteiger partial charge in [0.05, 0.1) is 10.6 Å². The van der Waals surface area contributed by atoms with Crippen molar-refractivity contribution in [2.24, 2.45) is 0 Å². The van der Waals surface area contributed by atoms with Gasteiger partial charge in [0.15, 0.2) is 0 Å². The van der Waals surface area contributed by atoms with E-state index in [2.05, 4.69) is 4.98 Å². The lowest BCUT2D eigenvalue weighted by molar-refractivity contribution is 0.303. The molecular formula is C14H14ClNO3S. The second-order valence-corrected chi connectivity index (χ2v) is 6.42. The molecule has 1 heterocycles. The lowest BCUT2D eigenvalue weighted by Crippen LogP contribution is -2.08. The molecule has 2 rings (SSSR count). The Morgan fingerprint density at radius 3 is 2.45 bits per heavy atom. The third-order valence-electron chi connectivity index (χ3n) is 2.90. The molecule has 1 aromatic carbocycles. The number of halogens is 1. The SMILES string of the molecule is Cc1ccc(S(=O)(=O)OCc2nccc(Cl)c2C)cc1. The number of hydrogen-bond donors (Lipinski definition) is 0. The Labute approximate surface area is 123 Å². The van der Waals surface area contributed by atoms with Gasteiger partial charge in [-0.1, -0.05) is 29.3 Å². The van der Waals surface area contributed by atoms with Crippen molar-refractivity contribution in [1.29, 1.82) is 0 Å². The highest BCUT2D eigenvalue weighted by Crippen LogP contribution is 2.19. The average Bonchev–Trinajstić information content (AvgIpc) is 2.41. The molecule has 0 aliphatic heterocycles. The Kier molecular flexibility index (Phi) is 4.42. The molecule has 0 aliphatic carbocycles. The second kappa shape index (κ2) is 5.91. The number of aryl methyl sites for hydroxylation is 1. The van der Waals surface area contributed by atoms with Gasteiger partial charge in [-0.25, -0.2) is 0 Å². The summed E-state index contributed by atoms with van der Waals surface area (Å²) in [5.74, 6) is 0. The number of nitrogens with zero attached hydrogens (tertiary/aromatic N) is 1. The fourth-order valence-electron chi connectivity index (χ4n) is 1.60. The van der Waals surface area contributed by atoms with Crippen molar-refractivity contribution in [3.63, 3.8) is 0 Å². The molecule has 0 radical (unpaired) electrons. The summed E-state index contributed by atoms with van der Waals surface area (Å²) in [5, 5.41) is 0.534. The zero-order valence-electron chi connectivity index (χ0n) is 11.1. The molecule has 2 aromatic rings. The van der Waals surface area contributed by atoms with Gasteiger partial charge in [0.25, 0.3) is 10.1 Å². The maximum Gasteiger partial charge on any atom is 0.297 e. The highest BCUT2D eigenvalue weighted by Gasteiger charge is 2.16. The molecule has 0 aliphatic rings. The molecule has 0 unspecified atom stereocenters. The highest BCUT2D eigenvalue weighted by atomic mass is 35.5. The van der Waals surface area contributed by atoms with E-state index < -0.39 is 10.1 Å². The summed E-state index contributed by atoms with van der Waals surface area (Å²) in [6.07, 6.45) is 1.52. The van der Waals surface area contributed by atoms with Crippen molar-refractivity contribution < 1.29 is 12.6 Å². The van der Waals surface area contributed by atoms with E-state index in [1.807, 2.05) is 6.92 Å². The van der Waals surface area contributed by atoms with Crippen LogP contribution in [0.15, 0.2) is 41.4 Å². The van der Waals surface area contributed by atoms with Gasteiger partial charge < -0.3 is 0 Å². The van der Waals surface area contributed by atoms with E-state index in [4.69, 9.17) is 15.8 Å². The number of pyridine rings is 1. The molecule has 6 heteroatoms. The van der Waals surface area contributed by atoms with Gasteiger partial charge in [0, 0.05) is 11.2 Å². The van der Waals surface area contributed by atoms with Crippen molar-refractivity contribution in [3.05, 3.63) is 58.4 Å². The van der Waals surface area contributed by atoms with Crippen LogP contribution >= 0.6 is 11.6 Å². The second-order valence-electron chi connectivity index (χ2n) is 4.39. The van der Waals surface area contributed by atoms with Crippen molar-refractivity contribution in [2.45, 2.75) is 25.3 Å². The number of aromatic nitrogens is 1. The van der Waals surface area contributed by atoms with E-state index in [0.29, 0.717) is 16.3 Å². The van der Waals surface area contributed by atoms with Crippen LogP contribution in [0.4, 0.5) is 0 Å². The van der Waals surface area contributed by atoms with E-state index in [9.17, 15) is 8.42 Å². The van der Waals surface area contributed by atoms with Crippen molar-refractivity contribution in [1.82, 2.24) is 4.98 Å². The minimum Gasteiger partial charge on any atom is -0.260 e. The van der Waals surface area contributed by atoms with Gasteiger partial charge in [0.2, 0.25) is 0 Å². The van der Waals surface area contributed by atoms with Gasteiger partial charge in [0.1, 0.15) is 6.61 Å². The molecule has 106 valence electrons. The summed E-state index contributed by atoms with van der Waals surface area (Å²) in [5.41, 5.74) is 2.21. The van der Waals surface area contributed by atoms with E-state index in [1.165, 1.54) is 18.3 Å². The first kappa shape index (κ1) is 15.0. The predicted molar refractivity (Wildman–Crippen MR) is 77.1 cm³/mol. The maximum absolute atomic E-state index is 12.0. The molecule has 0 amide bonds. The molecule has 0 N–H and O–H groups in total. The summed E-state index contributed by atoms with van der Waals surface area (Å²) >= 11 is 5.95. The standard InChI is InChI=1S/C14H14ClNO3S/c1-10-3-5-12(6-4-10)20(17,18)19-9-14-11(2)13(15)7-8-16-14/h3-8H,9H2,1-2H3. The molecule has 0 saturated carbocycles. The summed E-state index contributed by atoms with van der Waals surface area (Å²) in [4.78, 5) is 4.20. The summed E-state index contributed by atoms with van der Waals surface area (Å²) in [7, 11) is -3.79. The molecule has 4 nitrogen and oxygen atoms in total. The summed E-state index contributed by atoms with van der Waals surface area (Å²) in [6, 6.07) is 8.12. The molecule has 0 fully saturated rings. The van der Waals surface area contributed by atoms with Gasteiger partial charge >= 0.3 is 0 Å². The molecule has 0 atom stereocenters. The van der Waals surface area contributed by atoms with Crippen molar-refractivity contribution in [2.75, 3.05) is 0 Å². The first-order chi connectivity index (χ1) is 9.40. The Morgan fingerprint density at radius 2 is 1.80 bits per heavy atom. The number of rotatable bonds is 4. The predicted octanol–water partition coefficient (Wildman–Crippen LogP) is 3.26. The fourth-order valence-corrected chi connectivity index (χ4v) is 2.64. The van der Waals surface area contributed by atoms with Gasteiger partial charge in [-0.15, -0.1) is 0 Å². The minimum atomic E-state index is -3.79. The number of hydrogen-bond acceptors (Lipinski definition) is 4. The molecule has 1 aromatic heterocycles. The Balaban J connectivity index is 2.17. The van der Waals surface area contributed by atoms with Crippen LogP contribution in [0.5, 0.6) is 0 Å². The van der Waals surface area contributed by atoms with Crippen LogP contribution in [0, 0.1) is 13.8 Å². The average molecular weight is 312 g/mol. The Morgan fingerprint density at radius 1 is 1.15 bits per heavy atom. The van der Waals surface area contributed by atoms with E-state index in [0.717, 1.165) is 5.56 Å². The smallest absolute Gasteiger partial charge is 0.260 e. The Hall–Kier alpha value is -1.43. The summed E-state index contributed by atoms with van der Waals surface area (Å²) < 4.78 is 29.1. The molecule has 0 bridgehead atoms. The first-order valence-corrected chi connectivity index (χ1v) is 7.75. The zero-order valence-corrected chi connectivity index (χ0v) is 12.7. The normalized spacial score (nSPS) is 11.6. The largest absolute Gasteiger partial charge is 0.297 e. The van der Waals surface area contributed by atoms with E-state index in [1.54, 1.807) is 25.1 Å². The lowest BCUT2D eigenvalue weighted by atomic mass is 10.2. The van der Waals surface area contributed by atoms with Crippen LogP contribution < -0.4 is 0 Å². The minimum absolute atomic E-state index is 0.128. The van der Waals surface area contributed by atoms with Crippen molar-refractivity contribution >= 4 is 21.7 Å². The molecule has 0 saturated heterocycles. The molecular weight excluding hydrogens is 298 g/mol. The lowest BCUT2D eigenvalue weighted by Gasteiger charge is -2.08. The third kappa shape index (κ3) is 3.36. The molecule has 20 heavy (non-hydrogen) atoms. The zero-order chi connectivity index (χ0) is 14.8. The van der Waals surface area contributed by atoms with Crippen LogP contribution in [-0.2, 0) is 20.9 Å². The van der Waals surface area contributed by atoms with Gasteiger partial charge in [-0.3, -0.25) is 9.17 Å². The quantitative estimate of drug-likeness (QED) is 0.813. The van der Waals surface area contributed by atoms with E-state index >= 15 is 0 Å². The topological polar surface area (TPSA) is 56.3 Å². The van der Waals surface area contributed by atoms with Crippen LogP contribution in [0.25, 0.3) is 0 Å². The first-order valence-electron chi connectivity index (χ1n) is 5.96. The monoisotopic (exact) mass is 311 g/mol. The van der Waals surface area contributed by atoms with Crippen molar-refractivity contribution in [3.8, 4) is 0 Å². The van der Waals surface area contributed by atoms with Gasteiger partial charge in [-0.2, -0.15) is 8.42 Å². The fraction of sp³-hybridized carbons (Fsp3) is 0.214. The number of benzene rings is 1. The highest BCUT2D eigenvalue weighted by molar-refractivity contribution is 7.86. The third-order valence-corrected chi connectivity index (χ3v) is 4.59. The summed E-state index contributed by atoms with van der Waals surface area (Å²) in [6.45, 7) is 3.52. The Bertz CT molecular complexity index is 712. The van der Waals surface area contributed by atoms with Gasteiger partial charge in [-0.05, 0) is 37.6 Å². The van der Waals surface area contributed by atoms with Crippen LogP contribution in [0.3, 0.4) is 0 Å². The van der Waals surface area contributed by atoms with Crippen LogP contribution in [0.1, 0.15) is 16.8 Å².